The van der Waals surface area contributed by atoms with Gasteiger partial charge in [0.05, 0.1) is 18.7 Å². The summed E-state index contributed by atoms with van der Waals surface area (Å²) in [6.45, 7) is 10.6. The van der Waals surface area contributed by atoms with Crippen LogP contribution < -0.4 is 5.32 Å². The second-order valence-corrected chi connectivity index (χ2v) is 8.09. The highest BCUT2D eigenvalue weighted by atomic mass is 16.5. The maximum absolute atomic E-state index is 13.2. The smallest absolute Gasteiger partial charge is 0.340 e. The van der Waals surface area contributed by atoms with Gasteiger partial charge < -0.3 is 19.9 Å². The number of hydrogen-bond donors (Lipinski definition) is 2. The molecule has 0 fully saturated rings. The Bertz CT molecular complexity index is 1080. The van der Waals surface area contributed by atoms with E-state index in [9.17, 15) is 9.59 Å². The first-order chi connectivity index (χ1) is 15.3. The maximum Gasteiger partial charge on any atom is 0.340 e. The molecule has 2 aromatic carbocycles. The third kappa shape index (κ3) is 5.58. The van der Waals surface area contributed by atoms with Crippen LogP contribution in [0.2, 0.25) is 0 Å². The summed E-state index contributed by atoms with van der Waals surface area (Å²) in [6, 6.07) is 15.6. The molecular weight excluding hydrogens is 402 g/mol. The summed E-state index contributed by atoms with van der Waals surface area (Å²) in [5.74, 6) is -0.348. The lowest BCUT2D eigenvalue weighted by Crippen LogP contribution is -2.34. The Morgan fingerprint density at radius 1 is 0.906 bits per heavy atom. The van der Waals surface area contributed by atoms with E-state index in [2.05, 4.69) is 10.3 Å². The number of aromatic nitrogens is 1. The fraction of sp³-hybridized carbons (Fsp3) is 0.308. The molecule has 0 saturated carbocycles. The van der Waals surface area contributed by atoms with E-state index in [0.717, 1.165) is 33.8 Å². The number of anilines is 1. The van der Waals surface area contributed by atoms with Crippen molar-refractivity contribution in [2.24, 2.45) is 0 Å². The molecule has 168 valence electrons. The van der Waals surface area contributed by atoms with Crippen molar-refractivity contribution < 1.29 is 14.3 Å². The predicted octanol–water partition coefficient (Wildman–Crippen LogP) is 5.66. The van der Waals surface area contributed by atoms with E-state index in [1.165, 1.54) is 5.56 Å². The standard InChI is InChI=1S/C26H31N3O3/c1-6-32-25(30)24-19(4)23(27-20(24)5)16-29(15-21-11-7-17(2)8-12-21)26(31)28-22-13-9-18(3)10-14-22/h7-14,27H,6,15-16H2,1-5H3,(H,28,31). The van der Waals surface area contributed by atoms with E-state index in [1.54, 1.807) is 11.8 Å². The quantitative estimate of drug-likeness (QED) is 0.472. The molecule has 0 atom stereocenters. The molecule has 0 aliphatic carbocycles. The molecule has 6 heteroatoms. The number of rotatable bonds is 7. The fourth-order valence-electron chi connectivity index (χ4n) is 3.63. The van der Waals surface area contributed by atoms with Crippen LogP contribution in [0, 0.1) is 27.7 Å². The van der Waals surface area contributed by atoms with Gasteiger partial charge in [-0.3, -0.25) is 0 Å². The van der Waals surface area contributed by atoms with Gasteiger partial charge >= 0.3 is 12.0 Å². The Morgan fingerprint density at radius 3 is 2.09 bits per heavy atom. The number of amides is 2. The molecule has 1 aromatic heterocycles. The predicted molar refractivity (Wildman–Crippen MR) is 127 cm³/mol. The number of aromatic amines is 1. The lowest BCUT2D eigenvalue weighted by atomic mass is 10.1. The third-order valence-corrected chi connectivity index (χ3v) is 5.45. The Hall–Kier alpha value is -3.54. The van der Waals surface area contributed by atoms with Crippen molar-refractivity contribution in [3.63, 3.8) is 0 Å². The molecule has 0 spiro atoms. The van der Waals surface area contributed by atoms with Gasteiger partial charge in [-0.1, -0.05) is 47.5 Å². The zero-order valence-corrected chi connectivity index (χ0v) is 19.4. The number of carbonyl (C=O) groups is 2. The molecule has 0 radical (unpaired) electrons. The summed E-state index contributed by atoms with van der Waals surface area (Å²) < 4.78 is 5.20. The first-order valence-electron chi connectivity index (χ1n) is 10.8. The molecule has 32 heavy (non-hydrogen) atoms. The molecule has 1 heterocycles. The summed E-state index contributed by atoms with van der Waals surface area (Å²) in [7, 11) is 0. The number of ether oxygens (including phenoxy) is 1. The van der Waals surface area contributed by atoms with Gasteiger partial charge in [-0.25, -0.2) is 9.59 Å². The van der Waals surface area contributed by atoms with Gasteiger partial charge in [0.15, 0.2) is 0 Å². The van der Waals surface area contributed by atoms with Gasteiger partial charge in [-0.05, 0) is 57.9 Å². The van der Waals surface area contributed by atoms with Crippen molar-refractivity contribution >= 4 is 17.7 Å². The number of nitrogens with zero attached hydrogens (tertiary/aromatic N) is 1. The number of carbonyl (C=O) groups excluding carboxylic acids is 2. The van der Waals surface area contributed by atoms with Crippen LogP contribution in [0.4, 0.5) is 10.5 Å². The normalized spacial score (nSPS) is 10.7. The van der Waals surface area contributed by atoms with Crippen LogP contribution in [0.1, 0.15) is 50.9 Å². The van der Waals surface area contributed by atoms with Crippen LogP contribution in [-0.4, -0.2) is 28.5 Å². The zero-order valence-electron chi connectivity index (χ0n) is 19.4. The highest BCUT2D eigenvalue weighted by Crippen LogP contribution is 2.22. The molecule has 0 saturated heterocycles. The van der Waals surface area contributed by atoms with Crippen molar-refractivity contribution in [3.05, 3.63) is 87.7 Å². The monoisotopic (exact) mass is 433 g/mol. The topological polar surface area (TPSA) is 74.4 Å². The van der Waals surface area contributed by atoms with Gasteiger partial charge in [0.1, 0.15) is 0 Å². The lowest BCUT2D eigenvalue weighted by Gasteiger charge is -2.23. The Morgan fingerprint density at radius 2 is 1.50 bits per heavy atom. The van der Waals surface area contributed by atoms with E-state index in [1.807, 2.05) is 76.2 Å². The number of aryl methyl sites for hydroxylation is 3. The van der Waals surface area contributed by atoms with Crippen LogP contribution in [0.15, 0.2) is 48.5 Å². The second-order valence-electron chi connectivity index (χ2n) is 8.09. The third-order valence-electron chi connectivity index (χ3n) is 5.45. The van der Waals surface area contributed by atoms with Crippen molar-refractivity contribution in [2.45, 2.75) is 47.7 Å². The molecule has 3 aromatic rings. The van der Waals surface area contributed by atoms with Gasteiger partial charge in [-0.15, -0.1) is 0 Å². The van der Waals surface area contributed by atoms with Crippen LogP contribution in [-0.2, 0) is 17.8 Å². The number of urea groups is 1. The van der Waals surface area contributed by atoms with Crippen LogP contribution in [0.3, 0.4) is 0 Å². The molecular formula is C26H31N3O3. The maximum atomic E-state index is 13.2. The molecule has 0 aliphatic rings. The minimum Gasteiger partial charge on any atom is -0.462 e. The summed E-state index contributed by atoms with van der Waals surface area (Å²) in [5.41, 5.74) is 6.96. The molecule has 3 rings (SSSR count). The van der Waals surface area contributed by atoms with E-state index in [4.69, 9.17) is 4.74 Å². The van der Waals surface area contributed by atoms with E-state index in [-0.39, 0.29) is 12.0 Å². The average Bonchev–Trinajstić information content (AvgIpc) is 3.04. The minimum atomic E-state index is -0.348. The van der Waals surface area contributed by atoms with Crippen LogP contribution >= 0.6 is 0 Å². The second kappa shape index (κ2) is 10.2. The molecule has 0 bridgehead atoms. The number of benzene rings is 2. The average molecular weight is 434 g/mol. The first-order valence-corrected chi connectivity index (χ1v) is 10.8. The van der Waals surface area contributed by atoms with Crippen molar-refractivity contribution in [1.29, 1.82) is 0 Å². The highest BCUT2D eigenvalue weighted by Gasteiger charge is 2.22. The SMILES string of the molecule is CCOC(=O)c1c(C)[nH]c(CN(Cc2ccc(C)cc2)C(=O)Nc2ccc(C)cc2)c1C. The van der Waals surface area contributed by atoms with E-state index >= 15 is 0 Å². The minimum absolute atomic E-state index is 0.209. The van der Waals surface area contributed by atoms with Gasteiger partial charge in [0, 0.05) is 23.6 Å². The van der Waals surface area contributed by atoms with E-state index in [0.29, 0.717) is 25.3 Å². The molecule has 2 N–H and O–H groups in total. The largest absolute Gasteiger partial charge is 0.462 e. The number of nitrogens with one attached hydrogen (secondary N) is 2. The van der Waals surface area contributed by atoms with Crippen LogP contribution in [0.25, 0.3) is 0 Å². The highest BCUT2D eigenvalue weighted by molar-refractivity contribution is 5.93. The summed E-state index contributed by atoms with van der Waals surface area (Å²) >= 11 is 0. The number of esters is 1. The van der Waals surface area contributed by atoms with Gasteiger partial charge in [0.2, 0.25) is 0 Å². The molecule has 0 aliphatic heterocycles. The first kappa shape index (κ1) is 23.1. The number of H-pyrrole nitrogens is 1. The van der Waals surface area contributed by atoms with Crippen molar-refractivity contribution in [2.75, 3.05) is 11.9 Å². The van der Waals surface area contributed by atoms with Gasteiger partial charge in [0.25, 0.3) is 0 Å². The molecule has 2 amide bonds. The fourth-order valence-corrected chi connectivity index (χ4v) is 3.63. The Balaban J connectivity index is 1.87. The lowest BCUT2D eigenvalue weighted by molar-refractivity contribution is 0.0525. The summed E-state index contributed by atoms with van der Waals surface area (Å²) in [4.78, 5) is 30.6. The summed E-state index contributed by atoms with van der Waals surface area (Å²) in [5, 5.41) is 2.99. The summed E-state index contributed by atoms with van der Waals surface area (Å²) in [6.07, 6.45) is 0. The zero-order chi connectivity index (χ0) is 23.3. The van der Waals surface area contributed by atoms with E-state index < -0.39 is 0 Å². The Labute approximate surface area is 189 Å². The number of hydrogen-bond acceptors (Lipinski definition) is 3. The van der Waals surface area contributed by atoms with Crippen molar-refractivity contribution in [1.82, 2.24) is 9.88 Å². The van der Waals surface area contributed by atoms with Crippen molar-refractivity contribution in [3.8, 4) is 0 Å². The molecule has 0 unspecified atom stereocenters. The van der Waals surface area contributed by atoms with Crippen LogP contribution in [0.5, 0.6) is 0 Å². The molecule has 6 nitrogen and oxygen atoms in total. The van der Waals surface area contributed by atoms with Gasteiger partial charge in [-0.2, -0.15) is 0 Å². The Kier molecular flexibility index (Phi) is 7.36.